The zero-order chi connectivity index (χ0) is 22.7. The summed E-state index contributed by atoms with van der Waals surface area (Å²) < 4.78 is 5.09. The van der Waals surface area contributed by atoms with Gasteiger partial charge in [-0.1, -0.05) is 43.0 Å². The third kappa shape index (κ3) is 4.43. The van der Waals surface area contributed by atoms with Gasteiger partial charge in [-0.25, -0.2) is 9.79 Å². The Morgan fingerprint density at radius 3 is 2.72 bits per heavy atom. The van der Waals surface area contributed by atoms with Gasteiger partial charge in [0.25, 0.3) is 5.91 Å². The summed E-state index contributed by atoms with van der Waals surface area (Å²) in [6.07, 6.45) is 1.94. The van der Waals surface area contributed by atoms with Gasteiger partial charge in [-0.2, -0.15) is 0 Å². The van der Waals surface area contributed by atoms with E-state index >= 15 is 0 Å². The van der Waals surface area contributed by atoms with Crippen LogP contribution < -0.4 is 5.32 Å². The lowest BCUT2D eigenvalue weighted by molar-refractivity contribution is -0.136. The van der Waals surface area contributed by atoms with Crippen LogP contribution in [-0.2, 0) is 16.0 Å². The average Bonchev–Trinajstić information content (AvgIpc) is 2.82. The molecule has 1 atom stereocenters. The average molecular weight is 450 g/mol. The van der Waals surface area contributed by atoms with Gasteiger partial charge in [-0.05, 0) is 55.2 Å². The maximum Gasteiger partial charge on any atom is 0.338 e. The van der Waals surface area contributed by atoms with Crippen molar-refractivity contribution in [1.29, 1.82) is 0 Å². The Morgan fingerprint density at radius 2 is 2.00 bits per heavy atom. The predicted octanol–water partition coefficient (Wildman–Crippen LogP) is 4.80. The van der Waals surface area contributed by atoms with Crippen molar-refractivity contribution >= 4 is 34.5 Å². The zero-order valence-corrected chi connectivity index (χ0v) is 19.4. The van der Waals surface area contributed by atoms with Gasteiger partial charge in [-0.3, -0.25) is 4.79 Å². The van der Waals surface area contributed by atoms with E-state index in [1.165, 1.54) is 12.7 Å². The fraction of sp³-hybridized carbons (Fsp3) is 0.320. The summed E-state index contributed by atoms with van der Waals surface area (Å²) in [6.45, 7) is 4.75. The number of nitrogens with zero attached hydrogens (tertiary/aromatic N) is 2. The number of benzene rings is 2. The van der Waals surface area contributed by atoms with Crippen molar-refractivity contribution in [1.82, 2.24) is 4.90 Å². The summed E-state index contributed by atoms with van der Waals surface area (Å²) in [7, 11) is 1.39. The van der Waals surface area contributed by atoms with Crippen molar-refractivity contribution in [2.45, 2.75) is 32.7 Å². The number of carbonyl (C=O) groups is 2. The number of amides is 1. The number of nitrogens with one attached hydrogen (secondary N) is 1. The minimum atomic E-state index is -0.378. The highest BCUT2D eigenvalue weighted by Crippen LogP contribution is 2.40. The van der Waals surface area contributed by atoms with E-state index in [2.05, 4.69) is 22.1 Å². The molecule has 7 heteroatoms. The standard InChI is InChI=1S/C25H27N3O3S/c1-4-17-9-11-18(12-10-17)23(29)27-20-8-5-7-19(15-20)22-21(24(30)31-3)16(2)26-25-28(22)13-6-14-32-25/h5,7-12,15,22H,4,6,13-14H2,1-3H3,(H,27,29)/t22-/m0/s1. The Labute approximate surface area is 192 Å². The van der Waals surface area contributed by atoms with E-state index in [9.17, 15) is 9.59 Å². The molecule has 0 spiro atoms. The first-order valence-corrected chi connectivity index (χ1v) is 11.8. The highest BCUT2D eigenvalue weighted by molar-refractivity contribution is 8.13. The van der Waals surface area contributed by atoms with E-state index in [1.54, 1.807) is 11.8 Å². The van der Waals surface area contributed by atoms with E-state index in [-0.39, 0.29) is 17.9 Å². The molecule has 166 valence electrons. The second-order valence-electron chi connectivity index (χ2n) is 7.81. The summed E-state index contributed by atoms with van der Waals surface area (Å²) >= 11 is 1.71. The molecular formula is C25H27N3O3S. The highest BCUT2D eigenvalue weighted by Gasteiger charge is 2.37. The van der Waals surface area contributed by atoms with Gasteiger partial charge in [0.2, 0.25) is 0 Å². The van der Waals surface area contributed by atoms with Crippen LogP contribution in [0, 0.1) is 0 Å². The molecule has 0 aliphatic carbocycles. The molecule has 0 saturated carbocycles. The maximum atomic E-state index is 12.8. The quantitative estimate of drug-likeness (QED) is 0.664. The van der Waals surface area contributed by atoms with Crippen molar-refractivity contribution < 1.29 is 14.3 Å². The molecule has 0 radical (unpaired) electrons. The fourth-order valence-corrected chi connectivity index (χ4v) is 5.09. The summed E-state index contributed by atoms with van der Waals surface area (Å²) in [5.41, 5.74) is 4.61. The lowest BCUT2D eigenvalue weighted by Gasteiger charge is -2.40. The van der Waals surface area contributed by atoms with Gasteiger partial charge in [-0.15, -0.1) is 0 Å². The molecule has 2 heterocycles. The number of hydrogen-bond acceptors (Lipinski definition) is 6. The minimum absolute atomic E-state index is 0.163. The molecule has 1 N–H and O–H groups in total. The molecule has 2 aromatic carbocycles. The third-order valence-electron chi connectivity index (χ3n) is 5.75. The van der Waals surface area contributed by atoms with Crippen LogP contribution in [0.1, 0.15) is 47.8 Å². The van der Waals surface area contributed by atoms with Crippen LogP contribution in [0.4, 0.5) is 5.69 Å². The lowest BCUT2D eigenvalue weighted by atomic mass is 9.94. The molecule has 2 aliphatic rings. The number of allylic oxidation sites excluding steroid dienone is 1. The van der Waals surface area contributed by atoms with E-state index in [4.69, 9.17) is 4.74 Å². The van der Waals surface area contributed by atoms with Crippen LogP contribution in [0.2, 0.25) is 0 Å². The number of methoxy groups -OCH3 is 1. The number of ether oxygens (including phenoxy) is 1. The largest absolute Gasteiger partial charge is 0.466 e. The summed E-state index contributed by atoms with van der Waals surface area (Å²) in [6, 6.07) is 15.0. The highest BCUT2D eigenvalue weighted by atomic mass is 32.2. The number of esters is 1. The smallest absolute Gasteiger partial charge is 0.338 e. The van der Waals surface area contributed by atoms with Crippen LogP contribution in [0.5, 0.6) is 0 Å². The molecule has 2 aromatic rings. The predicted molar refractivity (Wildman–Crippen MR) is 129 cm³/mol. The number of carbonyl (C=O) groups excluding carboxylic acids is 2. The summed E-state index contributed by atoms with van der Waals surface area (Å²) in [5.74, 6) is 0.468. The topological polar surface area (TPSA) is 71.0 Å². The molecule has 6 nitrogen and oxygen atoms in total. The molecule has 1 amide bonds. The fourth-order valence-electron chi connectivity index (χ4n) is 4.07. The van der Waals surface area contributed by atoms with Gasteiger partial charge in [0, 0.05) is 23.5 Å². The van der Waals surface area contributed by atoms with Crippen molar-refractivity contribution in [2.24, 2.45) is 4.99 Å². The Balaban J connectivity index is 1.65. The Kier molecular flexibility index (Phi) is 6.65. The molecule has 0 aromatic heterocycles. The molecule has 2 aliphatic heterocycles. The van der Waals surface area contributed by atoms with Crippen LogP contribution in [0.25, 0.3) is 0 Å². The molecule has 0 bridgehead atoms. The van der Waals surface area contributed by atoms with Crippen LogP contribution in [0.3, 0.4) is 0 Å². The first kappa shape index (κ1) is 22.1. The maximum absolute atomic E-state index is 12.8. The van der Waals surface area contributed by atoms with Crippen molar-refractivity contribution in [3.8, 4) is 0 Å². The number of hydrogen-bond donors (Lipinski definition) is 1. The molecular weight excluding hydrogens is 422 g/mol. The van der Waals surface area contributed by atoms with Crippen molar-refractivity contribution in [2.75, 3.05) is 24.7 Å². The first-order chi connectivity index (χ1) is 15.5. The van der Waals surface area contributed by atoms with Gasteiger partial charge in [0.15, 0.2) is 5.17 Å². The number of fused-ring (bicyclic) bond motifs is 1. The molecule has 1 saturated heterocycles. The third-order valence-corrected chi connectivity index (χ3v) is 6.83. The van der Waals surface area contributed by atoms with Crippen LogP contribution in [0.15, 0.2) is 64.8 Å². The van der Waals surface area contributed by atoms with E-state index in [0.29, 0.717) is 22.5 Å². The monoisotopic (exact) mass is 449 g/mol. The van der Waals surface area contributed by atoms with E-state index in [1.807, 2.05) is 55.5 Å². The number of thioether (sulfide) groups is 1. The first-order valence-electron chi connectivity index (χ1n) is 10.8. The Morgan fingerprint density at radius 1 is 1.22 bits per heavy atom. The van der Waals surface area contributed by atoms with Crippen molar-refractivity contribution in [3.63, 3.8) is 0 Å². The normalized spacial score (nSPS) is 18.0. The number of anilines is 1. The second-order valence-corrected chi connectivity index (χ2v) is 8.88. The Bertz CT molecular complexity index is 1090. The van der Waals surface area contributed by atoms with E-state index < -0.39 is 0 Å². The molecule has 4 rings (SSSR count). The van der Waals surface area contributed by atoms with Crippen LogP contribution >= 0.6 is 11.8 Å². The molecule has 0 unspecified atom stereocenters. The second kappa shape index (κ2) is 9.61. The summed E-state index contributed by atoms with van der Waals surface area (Å²) in [5, 5.41) is 3.92. The van der Waals surface area contributed by atoms with Crippen LogP contribution in [-0.4, -0.2) is 41.4 Å². The SMILES string of the molecule is CCc1ccc(C(=O)Nc2cccc([C@H]3C(C(=O)OC)=C(C)N=C4SCCCN43)c2)cc1. The number of aryl methyl sites for hydroxylation is 1. The minimum Gasteiger partial charge on any atom is -0.466 e. The Hall–Kier alpha value is -3.06. The number of amidine groups is 1. The van der Waals surface area contributed by atoms with Gasteiger partial charge in [0.1, 0.15) is 0 Å². The van der Waals surface area contributed by atoms with Gasteiger partial charge >= 0.3 is 5.97 Å². The molecule has 1 fully saturated rings. The van der Waals surface area contributed by atoms with E-state index in [0.717, 1.165) is 35.9 Å². The summed E-state index contributed by atoms with van der Waals surface area (Å²) in [4.78, 5) is 32.3. The molecule has 32 heavy (non-hydrogen) atoms. The zero-order valence-electron chi connectivity index (χ0n) is 18.6. The van der Waals surface area contributed by atoms with Crippen molar-refractivity contribution in [3.05, 3.63) is 76.5 Å². The lowest BCUT2D eigenvalue weighted by Crippen LogP contribution is -2.42. The number of aliphatic imine (C=N–C) groups is 1. The number of rotatable bonds is 5. The van der Waals surface area contributed by atoms with Gasteiger partial charge < -0.3 is 15.0 Å². The van der Waals surface area contributed by atoms with Gasteiger partial charge in [0.05, 0.1) is 24.4 Å².